The molecule has 11 heavy (non-hydrogen) atoms. The largest absolute Gasteiger partial charge is 0.491 e. The summed E-state index contributed by atoms with van der Waals surface area (Å²) < 4.78 is 5.06. The molecule has 0 unspecified atom stereocenters. The summed E-state index contributed by atoms with van der Waals surface area (Å²) in [5.41, 5.74) is 2.12. The van der Waals surface area contributed by atoms with Gasteiger partial charge in [-0.15, -0.1) is 0 Å². The first-order valence-corrected chi connectivity index (χ1v) is 3.75. The molecule has 1 aromatic rings. The zero-order valence-corrected chi connectivity index (χ0v) is 6.16. The minimum Gasteiger partial charge on any atom is -0.423 e. The predicted octanol–water partition coefficient (Wildman–Crippen LogP) is -0.0532. The maximum atomic E-state index is 9.34. The fourth-order valence-corrected chi connectivity index (χ4v) is 1.37. The Morgan fingerprint density at radius 2 is 2.18 bits per heavy atom. The van der Waals surface area contributed by atoms with Crippen LogP contribution in [-0.2, 0) is 11.1 Å². The Morgan fingerprint density at radius 1 is 1.36 bits per heavy atom. The standard InChI is InChI=1S/C8H9BO2/c10-9-8-4-2-1-3-7(8)5-6-11-9/h1-4,10H,5-6H2. The molecule has 0 saturated carbocycles. The maximum absolute atomic E-state index is 9.34. The molecular formula is C8H9BO2. The van der Waals surface area contributed by atoms with Crippen LogP contribution in [0.2, 0.25) is 0 Å². The minimum atomic E-state index is -0.708. The Labute approximate surface area is 66.0 Å². The lowest BCUT2D eigenvalue weighted by Gasteiger charge is -2.17. The van der Waals surface area contributed by atoms with E-state index >= 15 is 0 Å². The molecule has 0 spiro atoms. The molecule has 3 heteroatoms. The second kappa shape index (κ2) is 2.68. The lowest BCUT2D eigenvalue weighted by atomic mass is 9.74. The smallest absolute Gasteiger partial charge is 0.423 e. The van der Waals surface area contributed by atoms with E-state index in [1.54, 1.807) is 0 Å². The molecule has 0 radical (unpaired) electrons. The van der Waals surface area contributed by atoms with E-state index in [1.807, 2.05) is 24.3 Å². The number of rotatable bonds is 0. The number of hydrogen-bond donors (Lipinski definition) is 1. The summed E-state index contributed by atoms with van der Waals surface area (Å²) in [5.74, 6) is 0. The first-order chi connectivity index (χ1) is 5.38. The molecule has 0 aliphatic carbocycles. The van der Waals surface area contributed by atoms with Crippen LogP contribution in [-0.4, -0.2) is 18.7 Å². The third-order valence-electron chi connectivity index (χ3n) is 1.97. The molecule has 0 saturated heterocycles. The van der Waals surface area contributed by atoms with Crippen molar-refractivity contribution in [2.45, 2.75) is 6.42 Å². The SMILES string of the molecule is OB1OCCc2ccccc21. The van der Waals surface area contributed by atoms with Gasteiger partial charge in [-0.25, -0.2) is 0 Å². The highest BCUT2D eigenvalue weighted by molar-refractivity contribution is 6.60. The molecule has 0 amide bonds. The number of fused-ring (bicyclic) bond motifs is 1. The van der Waals surface area contributed by atoms with Gasteiger partial charge in [-0.2, -0.15) is 0 Å². The fourth-order valence-electron chi connectivity index (χ4n) is 1.37. The summed E-state index contributed by atoms with van der Waals surface area (Å²) in [4.78, 5) is 0. The zero-order valence-electron chi connectivity index (χ0n) is 6.16. The van der Waals surface area contributed by atoms with E-state index in [-0.39, 0.29) is 0 Å². The van der Waals surface area contributed by atoms with Crippen LogP contribution in [0.3, 0.4) is 0 Å². The van der Waals surface area contributed by atoms with E-state index in [2.05, 4.69) is 0 Å². The van der Waals surface area contributed by atoms with Gasteiger partial charge in [0.05, 0.1) is 0 Å². The highest BCUT2D eigenvalue weighted by Gasteiger charge is 2.23. The highest BCUT2D eigenvalue weighted by atomic mass is 16.5. The Morgan fingerprint density at radius 3 is 3.00 bits per heavy atom. The predicted molar refractivity (Wildman–Crippen MR) is 43.7 cm³/mol. The van der Waals surface area contributed by atoms with Gasteiger partial charge < -0.3 is 9.68 Å². The van der Waals surface area contributed by atoms with Crippen molar-refractivity contribution in [2.24, 2.45) is 0 Å². The molecular weight excluding hydrogens is 139 g/mol. The van der Waals surface area contributed by atoms with Crippen LogP contribution in [0.5, 0.6) is 0 Å². The Bertz CT molecular complexity index is 262. The Kier molecular flexibility index (Phi) is 1.68. The third kappa shape index (κ3) is 1.17. The minimum absolute atomic E-state index is 0.623. The van der Waals surface area contributed by atoms with Gasteiger partial charge >= 0.3 is 7.12 Å². The molecule has 1 heterocycles. The molecule has 2 nitrogen and oxygen atoms in total. The summed E-state index contributed by atoms with van der Waals surface area (Å²) in [5, 5.41) is 9.34. The van der Waals surface area contributed by atoms with Gasteiger partial charge in [0.25, 0.3) is 0 Å². The quantitative estimate of drug-likeness (QED) is 0.522. The van der Waals surface area contributed by atoms with Gasteiger partial charge in [-0.05, 0) is 17.4 Å². The molecule has 1 N–H and O–H groups in total. The summed E-state index contributed by atoms with van der Waals surface area (Å²) in [6.07, 6.45) is 0.910. The van der Waals surface area contributed by atoms with Gasteiger partial charge in [0.1, 0.15) is 0 Å². The molecule has 56 valence electrons. The van der Waals surface area contributed by atoms with Gasteiger partial charge in [-0.3, -0.25) is 0 Å². The fraction of sp³-hybridized carbons (Fsp3) is 0.250. The first kappa shape index (κ1) is 6.89. The van der Waals surface area contributed by atoms with Crippen LogP contribution in [0.15, 0.2) is 24.3 Å². The lowest BCUT2D eigenvalue weighted by molar-refractivity contribution is 0.266. The zero-order chi connectivity index (χ0) is 7.68. The maximum Gasteiger partial charge on any atom is 0.491 e. The van der Waals surface area contributed by atoms with E-state index in [1.165, 1.54) is 5.56 Å². The molecule has 1 aliphatic heterocycles. The van der Waals surface area contributed by atoms with E-state index < -0.39 is 7.12 Å². The molecule has 1 aliphatic rings. The van der Waals surface area contributed by atoms with E-state index in [0.717, 1.165) is 11.9 Å². The molecule has 0 fully saturated rings. The summed E-state index contributed by atoms with van der Waals surface area (Å²) in [6.45, 7) is 0.623. The van der Waals surface area contributed by atoms with Crippen molar-refractivity contribution >= 4 is 12.6 Å². The summed E-state index contributed by atoms with van der Waals surface area (Å²) >= 11 is 0. The van der Waals surface area contributed by atoms with Crippen LogP contribution < -0.4 is 5.46 Å². The van der Waals surface area contributed by atoms with E-state index in [4.69, 9.17) is 4.65 Å². The lowest BCUT2D eigenvalue weighted by Crippen LogP contribution is -2.40. The van der Waals surface area contributed by atoms with Crippen molar-refractivity contribution in [1.82, 2.24) is 0 Å². The third-order valence-corrected chi connectivity index (χ3v) is 1.97. The van der Waals surface area contributed by atoms with Gasteiger partial charge in [0.15, 0.2) is 0 Å². The van der Waals surface area contributed by atoms with Gasteiger partial charge in [0.2, 0.25) is 0 Å². The molecule has 0 aromatic heterocycles. The van der Waals surface area contributed by atoms with E-state index in [0.29, 0.717) is 6.61 Å². The monoisotopic (exact) mass is 148 g/mol. The Hall–Kier alpha value is -0.795. The van der Waals surface area contributed by atoms with Crippen molar-refractivity contribution < 1.29 is 9.68 Å². The van der Waals surface area contributed by atoms with Crippen molar-refractivity contribution in [3.63, 3.8) is 0 Å². The first-order valence-electron chi connectivity index (χ1n) is 3.75. The van der Waals surface area contributed by atoms with Crippen LogP contribution in [0.1, 0.15) is 5.56 Å². The molecule has 0 atom stereocenters. The Balaban J connectivity index is 2.44. The van der Waals surface area contributed by atoms with Crippen LogP contribution in [0, 0.1) is 0 Å². The van der Waals surface area contributed by atoms with E-state index in [9.17, 15) is 5.02 Å². The normalized spacial score (nSPS) is 16.3. The second-order valence-electron chi connectivity index (χ2n) is 2.67. The topological polar surface area (TPSA) is 29.5 Å². The highest BCUT2D eigenvalue weighted by Crippen LogP contribution is 2.04. The summed E-state index contributed by atoms with van der Waals surface area (Å²) in [7, 11) is -0.708. The van der Waals surface area contributed by atoms with Crippen molar-refractivity contribution in [2.75, 3.05) is 6.61 Å². The van der Waals surface area contributed by atoms with Crippen LogP contribution in [0.4, 0.5) is 0 Å². The average molecular weight is 148 g/mol. The second-order valence-corrected chi connectivity index (χ2v) is 2.67. The summed E-state index contributed by atoms with van der Waals surface area (Å²) in [6, 6.07) is 7.83. The number of benzene rings is 1. The van der Waals surface area contributed by atoms with Crippen molar-refractivity contribution in [3.05, 3.63) is 29.8 Å². The number of hydrogen-bond acceptors (Lipinski definition) is 2. The molecule has 2 rings (SSSR count). The average Bonchev–Trinajstić information content (AvgIpc) is 2.06. The van der Waals surface area contributed by atoms with Gasteiger partial charge in [0, 0.05) is 6.61 Å². The van der Waals surface area contributed by atoms with Crippen molar-refractivity contribution in [3.8, 4) is 0 Å². The van der Waals surface area contributed by atoms with Crippen LogP contribution in [0.25, 0.3) is 0 Å². The van der Waals surface area contributed by atoms with Crippen molar-refractivity contribution in [1.29, 1.82) is 0 Å². The molecule has 1 aromatic carbocycles. The molecule has 0 bridgehead atoms. The van der Waals surface area contributed by atoms with Gasteiger partial charge in [-0.1, -0.05) is 24.3 Å². The van der Waals surface area contributed by atoms with Crippen LogP contribution >= 0.6 is 0 Å².